The minimum absolute atomic E-state index is 0.619. The lowest BCUT2D eigenvalue weighted by Crippen LogP contribution is -2.01. The SMILES string of the molecule is C1=Cc2oc3c(cc(-c4nc(-c5ccccc5)nc(-c5ccccc5)n4)c4c5ccccc5n(-c5ccccc5)c34)c2C=CC1. The van der Waals surface area contributed by atoms with E-state index in [9.17, 15) is 0 Å². The van der Waals surface area contributed by atoms with E-state index in [2.05, 4.69) is 83.5 Å². The highest BCUT2D eigenvalue weighted by Crippen LogP contribution is 2.45. The molecule has 212 valence electrons. The van der Waals surface area contributed by atoms with Gasteiger partial charge in [0, 0.05) is 44.1 Å². The van der Waals surface area contributed by atoms with Gasteiger partial charge in [0.25, 0.3) is 0 Å². The molecular formula is C40H26N4O. The van der Waals surface area contributed by atoms with Gasteiger partial charge in [-0.25, -0.2) is 15.0 Å². The Hall–Kier alpha value is -6.07. The third-order valence-corrected chi connectivity index (χ3v) is 8.44. The molecule has 1 aliphatic rings. The van der Waals surface area contributed by atoms with Crippen molar-refractivity contribution in [2.24, 2.45) is 0 Å². The maximum absolute atomic E-state index is 6.74. The van der Waals surface area contributed by atoms with Crippen LogP contribution in [0.25, 0.3) is 84.8 Å². The van der Waals surface area contributed by atoms with E-state index >= 15 is 0 Å². The normalized spacial score (nSPS) is 12.6. The van der Waals surface area contributed by atoms with E-state index in [1.165, 1.54) is 0 Å². The second-order valence-electron chi connectivity index (χ2n) is 11.2. The second-order valence-corrected chi connectivity index (χ2v) is 11.2. The summed E-state index contributed by atoms with van der Waals surface area (Å²) >= 11 is 0. The van der Waals surface area contributed by atoms with Gasteiger partial charge in [0.05, 0.1) is 11.0 Å². The van der Waals surface area contributed by atoms with Gasteiger partial charge in [-0.2, -0.15) is 0 Å². The first-order valence-electron chi connectivity index (χ1n) is 15.1. The molecule has 5 nitrogen and oxygen atoms in total. The summed E-state index contributed by atoms with van der Waals surface area (Å²) in [6.07, 6.45) is 9.43. The van der Waals surface area contributed by atoms with Crippen molar-refractivity contribution in [1.29, 1.82) is 0 Å². The van der Waals surface area contributed by atoms with Crippen LogP contribution in [0.15, 0.2) is 138 Å². The lowest BCUT2D eigenvalue weighted by molar-refractivity contribution is 0.605. The fraction of sp³-hybridized carbons (Fsp3) is 0.0250. The first-order valence-corrected chi connectivity index (χ1v) is 15.1. The summed E-state index contributed by atoms with van der Waals surface area (Å²) in [5, 5.41) is 3.18. The Labute approximate surface area is 259 Å². The number of hydrogen-bond acceptors (Lipinski definition) is 4. The largest absolute Gasteiger partial charge is 0.454 e. The van der Waals surface area contributed by atoms with Gasteiger partial charge >= 0.3 is 0 Å². The van der Waals surface area contributed by atoms with Crippen LogP contribution >= 0.6 is 0 Å². The highest BCUT2D eigenvalue weighted by atomic mass is 16.3. The first-order chi connectivity index (χ1) is 22.3. The highest BCUT2D eigenvalue weighted by molar-refractivity contribution is 6.23. The summed E-state index contributed by atoms with van der Waals surface area (Å²) in [4.78, 5) is 15.3. The highest BCUT2D eigenvalue weighted by Gasteiger charge is 2.25. The van der Waals surface area contributed by atoms with Gasteiger partial charge in [-0.1, -0.05) is 115 Å². The van der Waals surface area contributed by atoms with E-state index in [1.807, 2.05) is 66.7 Å². The number of benzene rings is 5. The lowest BCUT2D eigenvalue weighted by Gasteiger charge is -2.11. The van der Waals surface area contributed by atoms with Crippen LogP contribution in [0.5, 0.6) is 0 Å². The Balaban J connectivity index is 1.46. The van der Waals surface area contributed by atoms with Gasteiger partial charge in [0.15, 0.2) is 23.1 Å². The van der Waals surface area contributed by atoms with Crippen molar-refractivity contribution in [3.05, 3.63) is 145 Å². The molecule has 5 aromatic carbocycles. The van der Waals surface area contributed by atoms with Gasteiger partial charge in [-0.15, -0.1) is 0 Å². The van der Waals surface area contributed by atoms with Crippen LogP contribution in [0.3, 0.4) is 0 Å². The molecule has 8 aromatic rings. The smallest absolute Gasteiger partial charge is 0.164 e. The summed E-state index contributed by atoms with van der Waals surface area (Å²) in [5.41, 5.74) is 7.86. The van der Waals surface area contributed by atoms with Gasteiger partial charge in [0.1, 0.15) is 5.76 Å². The zero-order valence-electron chi connectivity index (χ0n) is 24.3. The maximum Gasteiger partial charge on any atom is 0.164 e. The molecule has 3 heterocycles. The van der Waals surface area contributed by atoms with E-state index in [0.29, 0.717) is 17.5 Å². The summed E-state index contributed by atoms with van der Waals surface area (Å²) in [6.45, 7) is 0. The second kappa shape index (κ2) is 10.3. The van der Waals surface area contributed by atoms with Gasteiger partial charge in [-0.3, -0.25) is 0 Å². The van der Waals surface area contributed by atoms with Crippen LogP contribution in [0.2, 0.25) is 0 Å². The van der Waals surface area contributed by atoms with Crippen LogP contribution in [-0.4, -0.2) is 19.5 Å². The van der Waals surface area contributed by atoms with E-state index in [-0.39, 0.29) is 0 Å². The molecule has 0 N–H and O–H groups in total. The predicted molar refractivity (Wildman–Crippen MR) is 183 cm³/mol. The number of furan rings is 1. The standard InChI is InChI=1S/C40H26N4O/c1-5-15-26(16-6-1)38-41-39(27-17-7-2-8-18-27)43-40(42-38)32-25-31-29-21-11-4-12-24-34(29)45-37(31)36-35(32)30-22-13-14-23-33(30)44(36)28-19-9-3-10-20-28/h1-3,5-25H,4H2. The molecule has 0 radical (unpaired) electrons. The molecule has 0 saturated heterocycles. The quantitative estimate of drug-likeness (QED) is 0.208. The van der Waals surface area contributed by atoms with Crippen molar-refractivity contribution >= 4 is 44.9 Å². The van der Waals surface area contributed by atoms with Crippen molar-refractivity contribution in [3.63, 3.8) is 0 Å². The monoisotopic (exact) mass is 578 g/mol. The van der Waals surface area contributed by atoms with E-state index < -0.39 is 0 Å². The molecule has 45 heavy (non-hydrogen) atoms. The number of fused-ring (bicyclic) bond motifs is 7. The molecule has 5 heteroatoms. The van der Waals surface area contributed by atoms with Crippen LogP contribution in [-0.2, 0) is 0 Å². The molecule has 0 unspecified atom stereocenters. The topological polar surface area (TPSA) is 56.7 Å². The van der Waals surface area contributed by atoms with Gasteiger partial charge in [-0.05, 0) is 36.8 Å². The molecular weight excluding hydrogens is 552 g/mol. The van der Waals surface area contributed by atoms with E-state index in [1.54, 1.807) is 0 Å². The number of allylic oxidation sites excluding steroid dienone is 2. The Morgan fingerprint density at radius 3 is 1.89 bits per heavy atom. The number of rotatable bonds is 4. The predicted octanol–water partition coefficient (Wildman–Crippen LogP) is 10.1. The maximum atomic E-state index is 6.74. The van der Waals surface area contributed by atoms with Crippen molar-refractivity contribution < 1.29 is 4.42 Å². The average Bonchev–Trinajstić information content (AvgIpc) is 3.54. The third-order valence-electron chi connectivity index (χ3n) is 8.44. The summed E-state index contributed by atoms with van der Waals surface area (Å²) in [7, 11) is 0. The summed E-state index contributed by atoms with van der Waals surface area (Å²) in [6, 6.07) is 41.4. The first kappa shape index (κ1) is 25.4. The molecule has 0 bridgehead atoms. The molecule has 0 spiro atoms. The molecule has 0 fully saturated rings. The van der Waals surface area contributed by atoms with Gasteiger partial charge < -0.3 is 8.98 Å². The number of para-hydroxylation sites is 2. The van der Waals surface area contributed by atoms with Crippen molar-refractivity contribution in [2.75, 3.05) is 0 Å². The van der Waals surface area contributed by atoms with Crippen LogP contribution in [0.1, 0.15) is 17.7 Å². The van der Waals surface area contributed by atoms with Crippen LogP contribution in [0.4, 0.5) is 0 Å². The van der Waals surface area contributed by atoms with E-state index in [0.717, 1.165) is 72.9 Å². The molecule has 0 aliphatic heterocycles. The minimum atomic E-state index is 0.619. The molecule has 0 atom stereocenters. The molecule has 1 aliphatic carbocycles. The summed E-state index contributed by atoms with van der Waals surface area (Å²) < 4.78 is 9.05. The lowest BCUT2D eigenvalue weighted by atomic mass is 10.0. The average molecular weight is 579 g/mol. The zero-order chi connectivity index (χ0) is 29.7. The molecule has 9 rings (SSSR count). The van der Waals surface area contributed by atoms with Crippen LogP contribution < -0.4 is 0 Å². The van der Waals surface area contributed by atoms with Crippen LogP contribution in [0, 0.1) is 0 Å². The zero-order valence-corrected chi connectivity index (χ0v) is 24.3. The van der Waals surface area contributed by atoms with Gasteiger partial charge in [0.2, 0.25) is 0 Å². The summed E-state index contributed by atoms with van der Waals surface area (Å²) in [5.74, 6) is 2.74. The fourth-order valence-electron chi connectivity index (χ4n) is 6.42. The van der Waals surface area contributed by atoms with Crippen molar-refractivity contribution in [3.8, 4) is 39.9 Å². The fourth-order valence-corrected chi connectivity index (χ4v) is 6.42. The third kappa shape index (κ3) is 4.13. The Morgan fingerprint density at radius 2 is 1.18 bits per heavy atom. The Morgan fingerprint density at radius 1 is 0.578 bits per heavy atom. The minimum Gasteiger partial charge on any atom is -0.454 e. The number of hydrogen-bond donors (Lipinski definition) is 0. The molecule has 0 saturated carbocycles. The van der Waals surface area contributed by atoms with E-state index in [4.69, 9.17) is 19.4 Å². The number of aromatic nitrogens is 4. The molecule has 0 amide bonds. The number of nitrogens with zero attached hydrogens (tertiary/aromatic N) is 4. The molecule has 3 aromatic heterocycles. The Bertz CT molecular complexity index is 2380. The van der Waals surface area contributed by atoms with Crippen molar-refractivity contribution in [2.45, 2.75) is 6.42 Å². The Kier molecular flexibility index (Phi) is 5.81. The van der Waals surface area contributed by atoms with Crippen molar-refractivity contribution in [1.82, 2.24) is 19.5 Å².